The van der Waals surface area contributed by atoms with E-state index in [-0.39, 0.29) is 28.9 Å². The number of anilines is 1. The zero-order chi connectivity index (χ0) is 17.4. The summed E-state index contributed by atoms with van der Waals surface area (Å²) < 4.78 is 0. The number of pyridine rings is 1. The van der Waals surface area contributed by atoms with E-state index in [0.717, 1.165) is 5.56 Å². The summed E-state index contributed by atoms with van der Waals surface area (Å²) in [5, 5.41) is 0.359. The molecule has 1 aliphatic carbocycles. The molecule has 1 atom stereocenters. The first-order chi connectivity index (χ1) is 12.1. The summed E-state index contributed by atoms with van der Waals surface area (Å²) in [6, 6.07) is 9.91. The van der Waals surface area contributed by atoms with Gasteiger partial charge in [-0.3, -0.25) is 14.6 Å². The molecule has 2 aromatic heterocycles. The summed E-state index contributed by atoms with van der Waals surface area (Å²) in [6.45, 7) is 0. The predicted octanol–water partition coefficient (Wildman–Crippen LogP) is 2.36. The van der Waals surface area contributed by atoms with Crippen LogP contribution < -0.4 is 11.3 Å². The lowest BCUT2D eigenvalue weighted by Crippen LogP contribution is -2.23. The Labute approximate surface area is 143 Å². The van der Waals surface area contributed by atoms with Crippen LogP contribution in [-0.2, 0) is 6.42 Å². The summed E-state index contributed by atoms with van der Waals surface area (Å²) in [6.07, 6.45) is 6.54. The van der Waals surface area contributed by atoms with E-state index in [1.165, 1.54) is 6.20 Å². The number of Topliss-reactive ketones (excluding diaryl/α,β-unsaturated/α-hetero) is 1. The molecule has 0 amide bonds. The number of allylic oxidation sites excluding steroid dienone is 1. The fourth-order valence-corrected chi connectivity index (χ4v) is 3.26. The van der Waals surface area contributed by atoms with Gasteiger partial charge < -0.3 is 5.73 Å². The van der Waals surface area contributed by atoms with Crippen LogP contribution in [0.15, 0.2) is 47.4 Å². The fraction of sp³-hybridized carbons (Fsp3) is 0.158. The molecule has 0 aliphatic heterocycles. The first-order valence-electron chi connectivity index (χ1n) is 8.05. The van der Waals surface area contributed by atoms with Gasteiger partial charge in [-0.15, -0.1) is 0 Å². The third-order valence-corrected chi connectivity index (χ3v) is 4.44. The van der Waals surface area contributed by atoms with Crippen LogP contribution in [0.4, 0.5) is 5.95 Å². The van der Waals surface area contributed by atoms with Crippen molar-refractivity contribution < 1.29 is 4.79 Å². The first-order valence-corrected chi connectivity index (χ1v) is 8.05. The van der Waals surface area contributed by atoms with Crippen molar-refractivity contribution in [3.8, 4) is 0 Å². The average molecular weight is 332 g/mol. The summed E-state index contributed by atoms with van der Waals surface area (Å²) in [4.78, 5) is 35.5. The van der Waals surface area contributed by atoms with Crippen molar-refractivity contribution in [2.45, 2.75) is 12.8 Å². The van der Waals surface area contributed by atoms with Crippen LogP contribution in [0.25, 0.3) is 17.1 Å². The third kappa shape index (κ3) is 2.82. The first kappa shape index (κ1) is 15.3. The Morgan fingerprint density at radius 3 is 2.76 bits per heavy atom. The molecule has 1 aromatic carbocycles. The highest BCUT2D eigenvalue weighted by Gasteiger charge is 2.27. The minimum Gasteiger partial charge on any atom is -0.369 e. The number of nitrogens with two attached hydrogens (primary N) is 1. The van der Waals surface area contributed by atoms with Crippen molar-refractivity contribution in [2.24, 2.45) is 5.92 Å². The topological polar surface area (TPSA) is 102 Å². The highest BCUT2D eigenvalue weighted by molar-refractivity contribution is 6.02. The molecule has 2 heterocycles. The van der Waals surface area contributed by atoms with Crippen LogP contribution in [0.3, 0.4) is 0 Å². The van der Waals surface area contributed by atoms with E-state index in [2.05, 4.69) is 15.0 Å². The summed E-state index contributed by atoms with van der Waals surface area (Å²) in [7, 11) is 0. The summed E-state index contributed by atoms with van der Waals surface area (Å²) in [5.74, 6) is 0.0463. The maximum Gasteiger partial charge on any atom is 0.262 e. The third-order valence-electron chi connectivity index (χ3n) is 4.44. The minimum atomic E-state index is -0.354. The van der Waals surface area contributed by atoms with Gasteiger partial charge in [0.15, 0.2) is 11.4 Å². The molecule has 4 rings (SSSR count). The lowest BCUT2D eigenvalue weighted by molar-refractivity contribution is 0.0959. The molecular weight excluding hydrogens is 316 g/mol. The lowest BCUT2D eigenvalue weighted by Gasteiger charge is -2.21. The Hall–Kier alpha value is -3.28. The van der Waals surface area contributed by atoms with Crippen LogP contribution in [0.5, 0.6) is 0 Å². The Morgan fingerprint density at radius 2 is 1.96 bits per heavy atom. The van der Waals surface area contributed by atoms with Gasteiger partial charge >= 0.3 is 0 Å². The molecule has 0 saturated heterocycles. The number of nitrogens with one attached hydrogen (secondary N) is 1. The van der Waals surface area contributed by atoms with E-state index in [9.17, 15) is 9.59 Å². The molecule has 0 spiro atoms. The standard InChI is InChI=1S/C19H16N4O2/c20-19-22-17-16(18(25)23-19)13-8-12(9-15(24)14(13)10-21-17)7-6-11-4-2-1-3-5-11/h1-7,10,12H,8-9H2,(H3,20,21,22,23,25)/b7-6+. The van der Waals surface area contributed by atoms with E-state index in [4.69, 9.17) is 5.73 Å². The normalized spacial score (nSPS) is 17.1. The van der Waals surface area contributed by atoms with Crippen LogP contribution in [0.2, 0.25) is 0 Å². The number of ketones is 1. The number of aromatic amines is 1. The molecule has 1 aliphatic rings. The SMILES string of the molecule is Nc1nc2ncc3c(c2c(=O)[nH]1)CC(/C=C/c1ccccc1)CC3=O. The van der Waals surface area contributed by atoms with E-state index in [1.54, 1.807) is 0 Å². The number of benzene rings is 1. The summed E-state index contributed by atoms with van der Waals surface area (Å²) >= 11 is 0. The summed E-state index contributed by atoms with van der Waals surface area (Å²) in [5.41, 5.74) is 7.80. The second-order valence-corrected chi connectivity index (χ2v) is 6.16. The van der Waals surface area contributed by atoms with Crippen molar-refractivity contribution in [1.29, 1.82) is 0 Å². The van der Waals surface area contributed by atoms with Crippen LogP contribution in [0, 0.1) is 5.92 Å². The van der Waals surface area contributed by atoms with Crippen LogP contribution in [0.1, 0.15) is 27.9 Å². The molecule has 1 unspecified atom stereocenters. The van der Waals surface area contributed by atoms with E-state index in [1.807, 2.05) is 42.5 Å². The number of fused-ring (bicyclic) bond motifs is 3. The zero-order valence-corrected chi connectivity index (χ0v) is 13.4. The van der Waals surface area contributed by atoms with Gasteiger partial charge in [-0.25, -0.2) is 4.98 Å². The Bertz CT molecular complexity index is 1050. The molecule has 25 heavy (non-hydrogen) atoms. The fourth-order valence-electron chi connectivity index (χ4n) is 3.26. The second kappa shape index (κ2) is 5.98. The largest absolute Gasteiger partial charge is 0.369 e. The molecule has 0 fully saturated rings. The molecule has 3 N–H and O–H groups in total. The predicted molar refractivity (Wildman–Crippen MR) is 96.2 cm³/mol. The number of nitrogen functional groups attached to an aromatic ring is 1. The van der Waals surface area contributed by atoms with Crippen molar-refractivity contribution in [3.63, 3.8) is 0 Å². The maximum absolute atomic E-state index is 12.5. The van der Waals surface area contributed by atoms with Gasteiger partial charge in [0.25, 0.3) is 5.56 Å². The van der Waals surface area contributed by atoms with E-state index < -0.39 is 0 Å². The molecule has 0 radical (unpaired) electrons. The van der Waals surface area contributed by atoms with E-state index >= 15 is 0 Å². The monoisotopic (exact) mass is 332 g/mol. The quantitative estimate of drug-likeness (QED) is 0.750. The van der Waals surface area contributed by atoms with Crippen molar-refractivity contribution >= 4 is 28.8 Å². The van der Waals surface area contributed by atoms with Crippen molar-refractivity contribution in [2.75, 3.05) is 5.73 Å². The van der Waals surface area contributed by atoms with Gasteiger partial charge in [-0.2, -0.15) is 4.98 Å². The number of aromatic nitrogens is 3. The highest BCUT2D eigenvalue weighted by Crippen LogP contribution is 2.29. The van der Waals surface area contributed by atoms with Crippen LogP contribution >= 0.6 is 0 Å². The number of hydrogen-bond donors (Lipinski definition) is 2. The molecule has 0 saturated carbocycles. The smallest absolute Gasteiger partial charge is 0.262 e. The van der Waals surface area contributed by atoms with Crippen molar-refractivity contribution in [1.82, 2.24) is 15.0 Å². The van der Waals surface area contributed by atoms with Gasteiger partial charge in [0, 0.05) is 18.2 Å². The number of nitrogens with zero attached hydrogens (tertiary/aromatic N) is 2. The highest BCUT2D eigenvalue weighted by atomic mass is 16.1. The van der Waals surface area contributed by atoms with Gasteiger partial charge in [0.2, 0.25) is 5.95 Å². The van der Waals surface area contributed by atoms with Crippen molar-refractivity contribution in [3.05, 3.63) is 69.6 Å². The van der Waals surface area contributed by atoms with Gasteiger partial charge in [-0.05, 0) is 23.5 Å². The maximum atomic E-state index is 12.5. The molecule has 6 nitrogen and oxygen atoms in total. The molecule has 124 valence electrons. The Morgan fingerprint density at radius 1 is 1.16 bits per heavy atom. The number of rotatable bonds is 2. The molecule has 3 aromatic rings. The average Bonchev–Trinajstić information content (AvgIpc) is 2.60. The molecule has 0 bridgehead atoms. The molecular formula is C19H16N4O2. The minimum absolute atomic E-state index is 0.00501. The lowest BCUT2D eigenvalue weighted by atomic mass is 9.82. The number of hydrogen-bond acceptors (Lipinski definition) is 5. The Kier molecular flexibility index (Phi) is 3.65. The second-order valence-electron chi connectivity index (χ2n) is 6.16. The Balaban J connectivity index is 1.76. The van der Waals surface area contributed by atoms with Crippen LogP contribution in [-0.4, -0.2) is 20.7 Å². The van der Waals surface area contributed by atoms with E-state index in [0.29, 0.717) is 29.4 Å². The number of carbonyl (C=O) groups is 1. The molecule has 6 heteroatoms. The number of H-pyrrole nitrogens is 1. The van der Waals surface area contributed by atoms with Gasteiger partial charge in [-0.1, -0.05) is 42.5 Å². The zero-order valence-electron chi connectivity index (χ0n) is 13.4. The number of carbonyl (C=O) groups excluding carboxylic acids is 1. The van der Waals surface area contributed by atoms with Gasteiger partial charge in [0.05, 0.1) is 5.39 Å². The van der Waals surface area contributed by atoms with Gasteiger partial charge in [0.1, 0.15) is 0 Å².